The molecule has 1 saturated carbocycles. The van der Waals surface area contributed by atoms with Crippen LogP contribution < -0.4 is 11.1 Å². The lowest BCUT2D eigenvalue weighted by atomic mass is 10.2. The summed E-state index contributed by atoms with van der Waals surface area (Å²) in [5.74, 6) is 0. The van der Waals surface area contributed by atoms with E-state index in [1.165, 1.54) is 0 Å². The van der Waals surface area contributed by atoms with Gasteiger partial charge in [0, 0.05) is 16.8 Å². The van der Waals surface area contributed by atoms with Gasteiger partial charge >= 0.3 is 6.09 Å². The highest BCUT2D eigenvalue weighted by Crippen LogP contribution is 2.21. The van der Waals surface area contributed by atoms with Crippen molar-refractivity contribution in [3.8, 4) is 0 Å². The van der Waals surface area contributed by atoms with E-state index in [0.29, 0.717) is 10.7 Å². The zero-order valence-electron chi connectivity index (χ0n) is 9.36. The van der Waals surface area contributed by atoms with Crippen LogP contribution in [0.15, 0.2) is 24.3 Å². The minimum atomic E-state index is -0.477. The first-order chi connectivity index (χ1) is 8.15. The molecule has 0 heterocycles. The summed E-state index contributed by atoms with van der Waals surface area (Å²) in [5.41, 5.74) is 6.44. The van der Waals surface area contributed by atoms with Crippen molar-refractivity contribution in [2.75, 3.05) is 5.32 Å². The highest BCUT2D eigenvalue weighted by atomic mass is 35.5. The number of amides is 1. The molecule has 17 heavy (non-hydrogen) atoms. The zero-order valence-corrected chi connectivity index (χ0v) is 10.1. The van der Waals surface area contributed by atoms with Gasteiger partial charge in [-0.05, 0) is 37.5 Å². The molecule has 2 unspecified atom stereocenters. The fraction of sp³-hybridized carbons (Fsp3) is 0.417. The van der Waals surface area contributed by atoms with Crippen molar-refractivity contribution in [2.45, 2.75) is 31.4 Å². The maximum Gasteiger partial charge on any atom is 0.411 e. The third-order valence-corrected chi connectivity index (χ3v) is 3.07. The summed E-state index contributed by atoms with van der Waals surface area (Å²) < 4.78 is 5.25. The first kappa shape index (κ1) is 12.2. The van der Waals surface area contributed by atoms with Crippen LogP contribution in [0.3, 0.4) is 0 Å². The summed E-state index contributed by atoms with van der Waals surface area (Å²) in [6, 6.07) is 6.88. The average Bonchev–Trinajstić information content (AvgIpc) is 2.64. The van der Waals surface area contributed by atoms with Gasteiger partial charge in [-0.1, -0.05) is 17.7 Å². The van der Waals surface area contributed by atoms with E-state index in [9.17, 15) is 4.79 Å². The standard InChI is InChI=1S/C12H15ClN2O2/c13-8-3-1-4-9(7-8)15-12(16)17-11-6-2-5-10(11)14/h1,3-4,7,10-11H,2,5-6,14H2,(H,15,16). The highest BCUT2D eigenvalue weighted by Gasteiger charge is 2.27. The van der Waals surface area contributed by atoms with Crippen LogP contribution in [0.25, 0.3) is 0 Å². The Morgan fingerprint density at radius 2 is 2.29 bits per heavy atom. The first-order valence-electron chi connectivity index (χ1n) is 5.64. The van der Waals surface area contributed by atoms with Crippen LogP contribution >= 0.6 is 11.6 Å². The van der Waals surface area contributed by atoms with E-state index in [-0.39, 0.29) is 12.1 Å². The lowest BCUT2D eigenvalue weighted by Crippen LogP contribution is -2.34. The van der Waals surface area contributed by atoms with Crippen molar-refractivity contribution in [3.05, 3.63) is 29.3 Å². The molecule has 1 fully saturated rings. The molecule has 0 spiro atoms. The van der Waals surface area contributed by atoms with Gasteiger partial charge in [0.1, 0.15) is 6.10 Å². The molecule has 0 radical (unpaired) electrons. The Kier molecular flexibility index (Phi) is 3.86. The van der Waals surface area contributed by atoms with Gasteiger partial charge in [0.05, 0.1) is 0 Å². The van der Waals surface area contributed by atoms with Crippen LogP contribution in [0.2, 0.25) is 5.02 Å². The molecule has 4 nitrogen and oxygen atoms in total. The quantitative estimate of drug-likeness (QED) is 0.853. The van der Waals surface area contributed by atoms with Crippen LogP contribution in [0, 0.1) is 0 Å². The van der Waals surface area contributed by atoms with Gasteiger partial charge in [-0.15, -0.1) is 0 Å². The molecule has 0 bridgehead atoms. The SMILES string of the molecule is NC1CCCC1OC(=O)Nc1cccc(Cl)c1. The van der Waals surface area contributed by atoms with Gasteiger partial charge in [-0.3, -0.25) is 5.32 Å². The number of hydrogen-bond acceptors (Lipinski definition) is 3. The predicted molar refractivity (Wildman–Crippen MR) is 67.2 cm³/mol. The summed E-state index contributed by atoms with van der Waals surface area (Å²) in [5, 5.41) is 3.20. The van der Waals surface area contributed by atoms with E-state index in [2.05, 4.69) is 5.32 Å². The smallest absolute Gasteiger partial charge is 0.411 e. The number of ether oxygens (including phenoxy) is 1. The molecule has 1 aliphatic carbocycles. The number of nitrogens with one attached hydrogen (secondary N) is 1. The van der Waals surface area contributed by atoms with Gasteiger partial charge in [0.2, 0.25) is 0 Å². The number of halogens is 1. The summed E-state index contributed by atoms with van der Waals surface area (Å²) in [6.45, 7) is 0. The molecule has 1 aliphatic rings. The van der Waals surface area contributed by atoms with E-state index >= 15 is 0 Å². The molecule has 1 amide bonds. The molecule has 0 aromatic heterocycles. The number of hydrogen-bond donors (Lipinski definition) is 2. The number of carbonyl (C=O) groups excluding carboxylic acids is 1. The Morgan fingerprint density at radius 3 is 2.94 bits per heavy atom. The van der Waals surface area contributed by atoms with Crippen molar-refractivity contribution in [1.29, 1.82) is 0 Å². The van der Waals surface area contributed by atoms with Crippen LogP contribution in [0.4, 0.5) is 10.5 Å². The first-order valence-corrected chi connectivity index (χ1v) is 6.02. The zero-order chi connectivity index (χ0) is 12.3. The van der Waals surface area contributed by atoms with E-state index < -0.39 is 6.09 Å². The third kappa shape index (κ3) is 3.35. The molecule has 2 rings (SSSR count). The fourth-order valence-electron chi connectivity index (χ4n) is 1.95. The Bertz CT molecular complexity index is 411. The van der Waals surface area contributed by atoms with E-state index in [0.717, 1.165) is 19.3 Å². The van der Waals surface area contributed by atoms with Gasteiger partial charge in [-0.2, -0.15) is 0 Å². The molecule has 0 saturated heterocycles. The van der Waals surface area contributed by atoms with Gasteiger partial charge in [-0.25, -0.2) is 4.79 Å². The van der Waals surface area contributed by atoms with E-state index in [4.69, 9.17) is 22.1 Å². The van der Waals surface area contributed by atoms with Crippen LogP contribution in [0.1, 0.15) is 19.3 Å². The van der Waals surface area contributed by atoms with Crippen LogP contribution in [-0.4, -0.2) is 18.2 Å². The maximum atomic E-state index is 11.6. The lowest BCUT2D eigenvalue weighted by Gasteiger charge is -2.16. The molecule has 92 valence electrons. The number of nitrogens with two attached hydrogens (primary N) is 1. The van der Waals surface area contributed by atoms with Crippen molar-refractivity contribution in [2.24, 2.45) is 5.73 Å². The molecule has 2 atom stereocenters. The van der Waals surface area contributed by atoms with Crippen molar-refractivity contribution in [3.63, 3.8) is 0 Å². The molecule has 0 aliphatic heterocycles. The van der Waals surface area contributed by atoms with Crippen molar-refractivity contribution in [1.82, 2.24) is 0 Å². The minimum absolute atomic E-state index is 0.0416. The van der Waals surface area contributed by atoms with Gasteiger partial charge in [0.25, 0.3) is 0 Å². The topological polar surface area (TPSA) is 64.3 Å². The Labute approximate surface area is 105 Å². The maximum absolute atomic E-state index is 11.6. The van der Waals surface area contributed by atoms with Gasteiger partial charge < -0.3 is 10.5 Å². The molecular weight excluding hydrogens is 240 g/mol. The Morgan fingerprint density at radius 1 is 1.47 bits per heavy atom. The molecule has 1 aromatic rings. The second-order valence-electron chi connectivity index (χ2n) is 4.17. The second kappa shape index (κ2) is 5.38. The highest BCUT2D eigenvalue weighted by molar-refractivity contribution is 6.30. The fourth-order valence-corrected chi connectivity index (χ4v) is 2.14. The summed E-state index contributed by atoms with van der Waals surface area (Å²) in [4.78, 5) is 11.6. The normalized spacial score (nSPS) is 23.4. The molecule has 1 aromatic carbocycles. The van der Waals surface area contributed by atoms with Gasteiger partial charge in [0.15, 0.2) is 0 Å². The summed E-state index contributed by atoms with van der Waals surface area (Å²) in [7, 11) is 0. The number of anilines is 1. The monoisotopic (exact) mass is 254 g/mol. The number of benzene rings is 1. The molecule has 5 heteroatoms. The van der Waals surface area contributed by atoms with Crippen LogP contribution in [0.5, 0.6) is 0 Å². The largest absolute Gasteiger partial charge is 0.444 e. The predicted octanol–water partition coefficient (Wildman–Crippen LogP) is 2.77. The third-order valence-electron chi connectivity index (χ3n) is 2.83. The average molecular weight is 255 g/mol. The molecular formula is C12H15ClN2O2. The number of carbonyl (C=O) groups is 1. The number of rotatable bonds is 2. The Balaban J connectivity index is 1.89. The molecule has 3 N–H and O–H groups in total. The van der Waals surface area contributed by atoms with Crippen molar-refractivity contribution < 1.29 is 9.53 Å². The summed E-state index contributed by atoms with van der Waals surface area (Å²) >= 11 is 5.81. The minimum Gasteiger partial charge on any atom is -0.444 e. The lowest BCUT2D eigenvalue weighted by molar-refractivity contribution is 0.105. The van der Waals surface area contributed by atoms with E-state index in [1.54, 1.807) is 24.3 Å². The second-order valence-corrected chi connectivity index (χ2v) is 4.61. The van der Waals surface area contributed by atoms with Crippen LogP contribution in [-0.2, 0) is 4.74 Å². The van der Waals surface area contributed by atoms with Crippen molar-refractivity contribution >= 4 is 23.4 Å². The summed E-state index contributed by atoms with van der Waals surface area (Å²) in [6.07, 6.45) is 2.11. The Hall–Kier alpha value is -1.26. The van der Waals surface area contributed by atoms with E-state index in [1.807, 2.05) is 0 Å².